The maximum atomic E-state index is 13.0. The van der Waals surface area contributed by atoms with Crippen LogP contribution in [0.5, 0.6) is 11.5 Å². The fourth-order valence-electron chi connectivity index (χ4n) is 2.80. The van der Waals surface area contributed by atoms with Crippen LogP contribution in [0.2, 0.25) is 0 Å². The molecule has 2 rings (SSSR count). The second kappa shape index (κ2) is 9.51. The van der Waals surface area contributed by atoms with E-state index < -0.39 is 32.8 Å². The number of rotatable bonds is 8. The maximum Gasteiger partial charge on any atom is 0.534 e. The summed E-state index contributed by atoms with van der Waals surface area (Å²) in [6.07, 6.45) is 1.61. The van der Waals surface area contributed by atoms with E-state index in [2.05, 4.69) is 9.17 Å². The van der Waals surface area contributed by atoms with E-state index in [-0.39, 0.29) is 23.2 Å². The normalized spacial score (nSPS) is 12.6. The van der Waals surface area contributed by atoms with E-state index in [0.717, 1.165) is 18.9 Å². The Kier molecular flexibility index (Phi) is 7.64. The van der Waals surface area contributed by atoms with Crippen molar-refractivity contribution in [3.63, 3.8) is 0 Å². The predicted octanol–water partition coefficient (Wildman–Crippen LogP) is 5.12. The van der Waals surface area contributed by atoms with E-state index in [1.165, 1.54) is 6.07 Å². The third-order valence-electron chi connectivity index (χ3n) is 4.39. The number of unbranched alkanes of at least 4 members (excludes halogenated alkanes) is 1. The van der Waals surface area contributed by atoms with Gasteiger partial charge < -0.3 is 13.7 Å². The van der Waals surface area contributed by atoms with E-state index >= 15 is 0 Å². The van der Waals surface area contributed by atoms with Crippen molar-refractivity contribution in [1.82, 2.24) is 4.98 Å². The zero-order valence-corrected chi connectivity index (χ0v) is 19.3. The highest BCUT2D eigenvalue weighted by atomic mass is 32.2. The number of nitrogens with zero attached hydrogens (tertiary/aromatic N) is 1. The molecule has 1 aromatic carbocycles. The standard InChI is InChI=1S/C21H26F3NO6S/c1-6-8-9-30-13-10-14-17(31-32(27,28)21(22,23)24)12-16(19(26)29-7-2)25-18(14)15(11-13)20(3,4)5/h10-12H,6-9H2,1-5H3. The molecule has 32 heavy (non-hydrogen) atoms. The number of alkyl halides is 3. The molecule has 2 aromatic rings. The number of ether oxygens (including phenoxy) is 2. The lowest BCUT2D eigenvalue weighted by atomic mass is 9.85. The van der Waals surface area contributed by atoms with Crippen molar-refractivity contribution in [2.75, 3.05) is 13.2 Å². The van der Waals surface area contributed by atoms with E-state index in [1.54, 1.807) is 13.0 Å². The van der Waals surface area contributed by atoms with Crippen molar-refractivity contribution in [1.29, 1.82) is 0 Å². The summed E-state index contributed by atoms with van der Waals surface area (Å²) in [5.41, 5.74) is -5.98. The van der Waals surface area contributed by atoms with Crippen LogP contribution in [0.25, 0.3) is 10.9 Å². The third-order valence-corrected chi connectivity index (χ3v) is 5.36. The fourth-order valence-corrected chi connectivity index (χ4v) is 3.27. The average Bonchev–Trinajstić information content (AvgIpc) is 2.66. The summed E-state index contributed by atoms with van der Waals surface area (Å²) in [5, 5.41) is -0.0372. The van der Waals surface area contributed by atoms with Gasteiger partial charge in [0.25, 0.3) is 0 Å². The summed E-state index contributed by atoms with van der Waals surface area (Å²) in [5.74, 6) is -1.30. The number of pyridine rings is 1. The zero-order chi connectivity index (χ0) is 24.3. The van der Waals surface area contributed by atoms with Gasteiger partial charge in [-0.2, -0.15) is 21.6 Å². The average molecular weight is 478 g/mol. The lowest BCUT2D eigenvalue weighted by Gasteiger charge is -2.23. The van der Waals surface area contributed by atoms with Crippen LogP contribution >= 0.6 is 0 Å². The molecule has 1 heterocycles. The molecule has 0 atom stereocenters. The highest BCUT2D eigenvalue weighted by molar-refractivity contribution is 7.88. The molecule has 0 radical (unpaired) electrons. The molecule has 0 fully saturated rings. The first-order valence-electron chi connectivity index (χ1n) is 10.0. The highest BCUT2D eigenvalue weighted by Gasteiger charge is 2.49. The Morgan fingerprint density at radius 3 is 2.28 bits per heavy atom. The van der Waals surface area contributed by atoms with Crippen molar-refractivity contribution in [3.8, 4) is 11.5 Å². The number of fused-ring (bicyclic) bond motifs is 1. The molecule has 0 unspecified atom stereocenters. The quantitative estimate of drug-likeness (QED) is 0.226. The highest BCUT2D eigenvalue weighted by Crippen LogP contribution is 2.39. The molecule has 0 N–H and O–H groups in total. The molecule has 0 saturated heterocycles. The summed E-state index contributed by atoms with van der Waals surface area (Å²) in [4.78, 5) is 16.5. The molecule has 178 valence electrons. The van der Waals surface area contributed by atoms with Gasteiger partial charge >= 0.3 is 21.6 Å². The molecule has 0 saturated carbocycles. The van der Waals surface area contributed by atoms with Gasteiger partial charge in [0, 0.05) is 11.5 Å². The minimum atomic E-state index is -6.00. The minimum absolute atomic E-state index is 0.00801. The van der Waals surface area contributed by atoms with Crippen LogP contribution in [0, 0.1) is 0 Å². The summed E-state index contributed by atoms with van der Waals surface area (Å²) >= 11 is 0. The van der Waals surface area contributed by atoms with E-state index in [9.17, 15) is 26.4 Å². The SMILES string of the molecule is CCCCOc1cc(C(C)(C)C)c2nc(C(=O)OCC)cc(OS(=O)(=O)C(F)(F)F)c2c1. The van der Waals surface area contributed by atoms with Gasteiger partial charge in [0.1, 0.15) is 5.75 Å². The number of hydrogen-bond acceptors (Lipinski definition) is 7. The van der Waals surface area contributed by atoms with Crippen molar-refractivity contribution < 1.29 is 40.0 Å². The molecule has 0 aliphatic rings. The first kappa shape index (κ1) is 25.7. The van der Waals surface area contributed by atoms with Gasteiger partial charge in [-0.05, 0) is 36.5 Å². The van der Waals surface area contributed by atoms with Crippen LogP contribution < -0.4 is 8.92 Å². The minimum Gasteiger partial charge on any atom is -0.494 e. The molecule has 0 aliphatic heterocycles. The first-order chi connectivity index (χ1) is 14.7. The van der Waals surface area contributed by atoms with Gasteiger partial charge in [0.15, 0.2) is 11.4 Å². The monoisotopic (exact) mass is 477 g/mol. The van der Waals surface area contributed by atoms with E-state index in [4.69, 9.17) is 9.47 Å². The Balaban J connectivity index is 2.84. The fraction of sp³-hybridized carbons (Fsp3) is 0.524. The number of aromatic nitrogens is 1. The van der Waals surface area contributed by atoms with Gasteiger partial charge in [-0.25, -0.2) is 9.78 Å². The Bertz CT molecular complexity index is 1090. The Hall–Kier alpha value is -2.56. The molecule has 7 nitrogen and oxygen atoms in total. The molecule has 11 heteroatoms. The summed E-state index contributed by atoms with van der Waals surface area (Å²) < 4.78 is 77.5. The maximum absolute atomic E-state index is 13.0. The van der Waals surface area contributed by atoms with Gasteiger partial charge in [0.2, 0.25) is 0 Å². The number of esters is 1. The lowest BCUT2D eigenvalue weighted by Crippen LogP contribution is -2.28. The predicted molar refractivity (Wildman–Crippen MR) is 112 cm³/mol. The number of carbonyl (C=O) groups excluding carboxylic acids is 1. The second-order valence-corrected chi connectivity index (χ2v) is 9.57. The van der Waals surface area contributed by atoms with Crippen LogP contribution in [-0.4, -0.2) is 38.1 Å². The largest absolute Gasteiger partial charge is 0.534 e. The summed E-state index contributed by atoms with van der Waals surface area (Å²) in [6.45, 7) is 9.38. The van der Waals surface area contributed by atoms with Gasteiger partial charge in [-0.15, -0.1) is 0 Å². The molecular formula is C21H26F3NO6S. The smallest absolute Gasteiger partial charge is 0.494 e. The Morgan fingerprint density at radius 2 is 1.75 bits per heavy atom. The van der Waals surface area contributed by atoms with Crippen molar-refractivity contribution in [3.05, 3.63) is 29.5 Å². The second-order valence-electron chi connectivity index (χ2n) is 8.03. The van der Waals surface area contributed by atoms with E-state index in [0.29, 0.717) is 17.9 Å². The van der Waals surface area contributed by atoms with Crippen molar-refractivity contribution in [2.45, 2.75) is 58.4 Å². The lowest BCUT2D eigenvalue weighted by molar-refractivity contribution is -0.0499. The molecule has 0 amide bonds. The molecular weight excluding hydrogens is 451 g/mol. The zero-order valence-electron chi connectivity index (χ0n) is 18.5. The van der Waals surface area contributed by atoms with Crippen LogP contribution in [0.3, 0.4) is 0 Å². The summed E-state index contributed by atoms with van der Waals surface area (Å²) in [6, 6.07) is 3.84. The first-order valence-corrected chi connectivity index (χ1v) is 11.4. The molecule has 0 spiro atoms. The topological polar surface area (TPSA) is 91.8 Å². The van der Waals surface area contributed by atoms with Crippen LogP contribution in [-0.2, 0) is 20.3 Å². The van der Waals surface area contributed by atoms with E-state index in [1.807, 2.05) is 27.7 Å². The number of halogens is 3. The van der Waals surface area contributed by atoms with Crippen LogP contribution in [0.1, 0.15) is 63.5 Å². The number of hydrogen-bond donors (Lipinski definition) is 0. The Labute approximate surface area is 185 Å². The summed E-state index contributed by atoms with van der Waals surface area (Å²) in [7, 11) is -6.00. The van der Waals surface area contributed by atoms with Gasteiger partial charge in [-0.1, -0.05) is 34.1 Å². The molecule has 1 aromatic heterocycles. The number of benzene rings is 1. The van der Waals surface area contributed by atoms with Crippen molar-refractivity contribution in [2.24, 2.45) is 0 Å². The van der Waals surface area contributed by atoms with Gasteiger partial charge in [-0.3, -0.25) is 0 Å². The van der Waals surface area contributed by atoms with Crippen LogP contribution in [0.4, 0.5) is 13.2 Å². The number of carbonyl (C=O) groups is 1. The Morgan fingerprint density at radius 1 is 1.09 bits per heavy atom. The third kappa shape index (κ3) is 5.81. The molecule has 0 bridgehead atoms. The van der Waals surface area contributed by atoms with Crippen molar-refractivity contribution >= 4 is 27.0 Å². The van der Waals surface area contributed by atoms with Crippen LogP contribution in [0.15, 0.2) is 18.2 Å². The van der Waals surface area contributed by atoms with Gasteiger partial charge in [0.05, 0.1) is 18.7 Å². The molecule has 0 aliphatic carbocycles.